The zero-order valence-electron chi connectivity index (χ0n) is 22.4. The molecule has 1 aliphatic heterocycles. The number of halogens is 1. The number of urea groups is 1. The van der Waals surface area contributed by atoms with Crippen molar-refractivity contribution in [2.75, 3.05) is 32.1 Å². The third-order valence-corrected chi connectivity index (χ3v) is 8.93. The van der Waals surface area contributed by atoms with E-state index in [1.165, 1.54) is 33.5 Å². The summed E-state index contributed by atoms with van der Waals surface area (Å²) in [7, 11) is -2.51. The van der Waals surface area contributed by atoms with E-state index in [9.17, 15) is 28.0 Å². The molecular formula is C29H31FN4O5S. The van der Waals surface area contributed by atoms with Crippen LogP contribution in [-0.2, 0) is 10.0 Å². The Hall–Kier alpha value is -3.98. The third kappa shape index (κ3) is 6.09. The molecule has 0 saturated carbocycles. The van der Waals surface area contributed by atoms with E-state index in [2.05, 4.69) is 11.4 Å². The second kappa shape index (κ2) is 12.0. The van der Waals surface area contributed by atoms with E-state index in [4.69, 9.17) is 4.74 Å². The van der Waals surface area contributed by atoms with Gasteiger partial charge in [0.2, 0.25) is 10.0 Å². The molecule has 1 aliphatic rings. The van der Waals surface area contributed by atoms with Crippen molar-refractivity contribution in [2.45, 2.75) is 30.9 Å². The van der Waals surface area contributed by atoms with Gasteiger partial charge in [-0.2, -0.15) is 9.57 Å². The second-order valence-electron chi connectivity index (χ2n) is 9.88. The molecule has 0 radical (unpaired) electrons. The van der Waals surface area contributed by atoms with Crippen LogP contribution in [-0.4, -0.2) is 67.7 Å². The van der Waals surface area contributed by atoms with E-state index in [-0.39, 0.29) is 36.0 Å². The maximum atomic E-state index is 14.1. The van der Waals surface area contributed by atoms with Gasteiger partial charge in [0.1, 0.15) is 22.6 Å². The number of para-hydroxylation sites is 1. The van der Waals surface area contributed by atoms with Gasteiger partial charge in [0, 0.05) is 25.6 Å². The number of aliphatic hydroxyl groups is 1. The third-order valence-electron chi connectivity index (χ3n) is 6.91. The minimum absolute atomic E-state index is 0.0367. The molecule has 4 rings (SSSR count). The van der Waals surface area contributed by atoms with Gasteiger partial charge in [0.05, 0.1) is 30.5 Å². The molecule has 210 valence electrons. The molecule has 0 aliphatic carbocycles. The fourth-order valence-electron chi connectivity index (χ4n) is 4.52. The molecule has 0 spiro atoms. The van der Waals surface area contributed by atoms with Gasteiger partial charge >= 0.3 is 6.03 Å². The van der Waals surface area contributed by atoms with Crippen LogP contribution in [0.3, 0.4) is 0 Å². The number of nitrogens with zero attached hydrogens (tertiary/aromatic N) is 3. The summed E-state index contributed by atoms with van der Waals surface area (Å²) in [5.41, 5.74) is 1.84. The molecule has 2 amide bonds. The standard InChI is InChI=1S/C29H31FN4O5S/c1-19-16-34(20(2)18-35)40(37,38)28-12-11-23(22-8-6-7-21(13-22)15-31)14-26(28)39-27(19)17-33(3)29(36)32-25-10-5-4-9-24(25)30/h4-14,19-20,27,35H,16-18H2,1-3H3,(H,32,36)/t19-,20-,27+/m1/s1. The Kier molecular flexibility index (Phi) is 8.73. The van der Waals surface area contributed by atoms with Crippen LogP contribution in [0.4, 0.5) is 14.9 Å². The fourth-order valence-corrected chi connectivity index (χ4v) is 6.34. The lowest BCUT2D eigenvalue weighted by molar-refractivity contribution is 0.0830. The maximum Gasteiger partial charge on any atom is 0.321 e. The lowest BCUT2D eigenvalue weighted by atomic mass is 10.0. The lowest BCUT2D eigenvalue weighted by Gasteiger charge is -2.37. The number of carbonyl (C=O) groups excluding carboxylic acids is 1. The van der Waals surface area contributed by atoms with E-state index in [1.807, 2.05) is 6.92 Å². The zero-order chi connectivity index (χ0) is 29.0. The first kappa shape index (κ1) is 29.0. The average molecular weight is 567 g/mol. The Balaban J connectivity index is 1.71. The van der Waals surface area contributed by atoms with E-state index in [0.29, 0.717) is 16.7 Å². The van der Waals surface area contributed by atoms with E-state index in [0.717, 1.165) is 0 Å². The SMILES string of the molecule is C[C@@H]1CN([C@H](C)CO)S(=O)(=O)c2ccc(-c3cccc(C#N)c3)cc2O[C@H]1CN(C)C(=O)Nc1ccccc1F. The maximum absolute atomic E-state index is 14.1. The van der Waals surface area contributed by atoms with Gasteiger partial charge in [-0.1, -0.05) is 37.3 Å². The average Bonchev–Trinajstić information content (AvgIpc) is 2.95. The number of amides is 2. The predicted octanol–water partition coefficient (Wildman–Crippen LogP) is 4.30. The van der Waals surface area contributed by atoms with Crippen molar-refractivity contribution in [3.63, 3.8) is 0 Å². The smallest absolute Gasteiger partial charge is 0.321 e. The summed E-state index contributed by atoms with van der Waals surface area (Å²) >= 11 is 0. The number of rotatable bonds is 6. The molecule has 1 heterocycles. The molecule has 3 atom stereocenters. The van der Waals surface area contributed by atoms with Crippen molar-refractivity contribution < 1.29 is 27.4 Å². The summed E-state index contributed by atoms with van der Waals surface area (Å²) in [6.45, 7) is 3.17. The van der Waals surface area contributed by atoms with Crippen LogP contribution >= 0.6 is 0 Å². The molecule has 0 aromatic heterocycles. The van der Waals surface area contributed by atoms with Crippen molar-refractivity contribution in [1.82, 2.24) is 9.21 Å². The first-order chi connectivity index (χ1) is 19.0. The highest BCUT2D eigenvalue weighted by Crippen LogP contribution is 2.36. The number of sulfonamides is 1. The van der Waals surface area contributed by atoms with Gasteiger partial charge < -0.3 is 20.1 Å². The molecule has 3 aromatic rings. The number of aliphatic hydroxyl groups excluding tert-OH is 1. The van der Waals surface area contributed by atoms with Gasteiger partial charge in [0.15, 0.2) is 0 Å². The van der Waals surface area contributed by atoms with Gasteiger partial charge in [-0.15, -0.1) is 0 Å². The van der Waals surface area contributed by atoms with Crippen molar-refractivity contribution in [3.8, 4) is 22.9 Å². The summed E-state index contributed by atoms with van der Waals surface area (Å²) in [6, 6.07) is 18.3. The predicted molar refractivity (Wildman–Crippen MR) is 149 cm³/mol. The highest BCUT2D eigenvalue weighted by Gasteiger charge is 2.38. The minimum Gasteiger partial charge on any atom is -0.487 e. The highest BCUT2D eigenvalue weighted by atomic mass is 32.2. The Morgan fingerprint density at radius 2 is 1.93 bits per heavy atom. The molecule has 9 nitrogen and oxygen atoms in total. The molecular weight excluding hydrogens is 535 g/mol. The number of fused-ring (bicyclic) bond motifs is 1. The van der Waals surface area contributed by atoms with Crippen LogP contribution in [0.5, 0.6) is 5.75 Å². The summed E-state index contributed by atoms with van der Waals surface area (Å²) in [5, 5.41) is 21.7. The minimum atomic E-state index is -4.05. The number of anilines is 1. The number of nitriles is 1. The van der Waals surface area contributed by atoms with Crippen LogP contribution in [0.1, 0.15) is 19.4 Å². The Bertz CT molecular complexity index is 1540. The summed E-state index contributed by atoms with van der Waals surface area (Å²) in [4.78, 5) is 14.2. The summed E-state index contributed by atoms with van der Waals surface area (Å²) < 4.78 is 49.1. The Morgan fingerprint density at radius 3 is 2.62 bits per heavy atom. The van der Waals surface area contributed by atoms with Crippen molar-refractivity contribution >= 4 is 21.7 Å². The molecule has 11 heteroatoms. The van der Waals surface area contributed by atoms with Crippen molar-refractivity contribution in [1.29, 1.82) is 5.26 Å². The number of likely N-dealkylation sites (N-methyl/N-ethyl adjacent to an activating group) is 1. The molecule has 0 fully saturated rings. The number of nitrogens with one attached hydrogen (secondary N) is 1. The van der Waals surface area contributed by atoms with Crippen LogP contribution in [0.2, 0.25) is 0 Å². The van der Waals surface area contributed by atoms with Crippen LogP contribution in [0.15, 0.2) is 71.6 Å². The number of hydrogen-bond donors (Lipinski definition) is 2. The number of ether oxygens (including phenoxy) is 1. The van der Waals surface area contributed by atoms with Crippen molar-refractivity contribution in [3.05, 3.63) is 78.1 Å². The topological polar surface area (TPSA) is 123 Å². The van der Waals surface area contributed by atoms with Crippen molar-refractivity contribution in [2.24, 2.45) is 5.92 Å². The monoisotopic (exact) mass is 566 g/mol. The summed E-state index contributed by atoms with van der Waals surface area (Å²) in [5.74, 6) is -0.874. The van der Waals surface area contributed by atoms with E-state index >= 15 is 0 Å². The molecule has 0 saturated heterocycles. The number of benzene rings is 3. The normalized spacial score (nSPS) is 19.2. The molecule has 0 bridgehead atoms. The van der Waals surface area contributed by atoms with Gasteiger partial charge in [-0.3, -0.25) is 0 Å². The van der Waals surface area contributed by atoms with E-state index < -0.39 is 39.9 Å². The largest absolute Gasteiger partial charge is 0.487 e. The van der Waals surface area contributed by atoms with Gasteiger partial charge in [0.25, 0.3) is 0 Å². The quantitative estimate of drug-likeness (QED) is 0.459. The lowest BCUT2D eigenvalue weighted by Crippen LogP contribution is -2.50. The fraction of sp³-hybridized carbons (Fsp3) is 0.310. The highest BCUT2D eigenvalue weighted by molar-refractivity contribution is 7.89. The van der Waals surface area contributed by atoms with Gasteiger partial charge in [-0.25, -0.2) is 17.6 Å². The molecule has 40 heavy (non-hydrogen) atoms. The number of carbonyl (C=O) groups is 1. The van der Waals surface area contributed by atoms with Crippen LogP contribution in [0, 0.1) is 23.1 Å². The van der Waals surface area contributed by atoms with Crippen LogP contribution in [0.25, 0.3) is 11.1 Å². The first-order valence-corrected chi connectivity index (χ1v) is 14.2. The first-order valence-electron chi connectivity index (χ1n) is 12.8. The molecule has 0 unspecified atom stereocenters. The molecule has 3 aromatic carbocycles. The Morgan fingerprint density at radius 1 is 1.20 bits per heavy atom. The van der Waals surface area contributed by atoms with Crippen LogP contribution < -0.4 is 10.1 Å². The Labute approximate surface area is 233 Å². The summed E-state index contributed by atoms with van der Waals surface area (Å²) in [6.07, 6.45) is -0.653. The van der Waals surface area contributed by atoms with E-state index in [1.54, 1.807) is 56.4 Å². The second-order valence-corrected chi connectivity index (χ2v) is 11.7. The van der Waals surface area contributed by atoms with Gasteiger partial charge in [-0.05, 0) is 54.4 Å². The molecule has 2 N–H and O–H groups in total. The number of hydrogen-bond acceptors (Lipinski definition) is 6. The zero-order valence-corrected chi connectivity index (χ0v) is 23.2.